The third-order valence-corrected chi connectivity index (χ3v) is 3.95. The lowest BCUT2D eigenvalue weighted by atomic mass is 10.3. The molecule has 2 aromatic rings. The molecule has 5 nitrogen and oxygen atoms in total. The number of nitrogens with one attached hydrogen (secondary N) is 1. The van der Waals surface area contributed by atoms with Crippen LogP contribution in [0.3, 0.4) is 0 Å². The zero-order chi connectivity index (χ0) is 13.4. The van der Waals surface area contributed by atoms with Gasteiger partial charge < -0.3 is 10.4 Å². The Morgan fingerprint density at radius 3 is 3.11 bits per heavy atom. The molecule has 98 valence electrons. The van der Waals surface area contributed by atoms with Gasteiger partial charge in [-0.25, -0.2) is 0 Å². The third kappa shape index (κ3) is 2.29. The molecule has 0 unspecified atom stereocenters. The first kappa shape index (κ1) is 12.4. The molecule has 0 radical (unpaired) electrons. The number of hydrogen-bond donors (Lipinski definition) is 2. The number of benzene rings is 1. The van der Waals surface area contributed by atoms with Gasteiger partial charge in [0.2, 0.25) is 5.88 Å². The summed E-state index contributed by atoms with van der Waals surface area (Å²) in [5, 5.41) is 13.8. The van der Waals surface area contributed by atoms with Gasteiger partial charge in [-0.15, -0.1) is 0 Å². The summed E-state index contributed by atoms with van der Waals surface area (Å²) in [6.07, 6.45) is 0. The Labute approximate surface area is 118 Å². The van der Waals surface area contributed by atoms with E-state index in [1.165, 1.54) is 11.8 Å². The monoisotopic (exact) mass is 295 g/mol. The van der Waals surface area contributed by atoms with Gasteiger partial charge in [0.05, 0.1) is 0 Å². The maximum absolute atomic E-state index is 12.2. The Hall–Kier alpha value is -1.66. The summed E-state index contributed by atoms with van der Waals surface area (Å²) in [5.74, 6) is 0.507. The zero-order valence-electron chi connectivity index (χ0n) is 9.76. The number of hydrogen-bond acceptors (Lipinski definition) is 5. The summed E-state index contributed by atoms with van der Waals surface area (Å²) in [4.78, 5) is 16.2. The van der Waals surface area contributed by atoms with Crippen LogP contribution in [0.5, 0.6) is 5.88 Å². The quantitative estimate of drug-likeness (QED) is 0.833. The van der Waals surface area contributed by atoms with Crippen molar-refractivity contribution in [3.63, 3.8) is 0 Å². The van der Waals surface area contributed by atoms with Crippen LogP contribution in [0.15, 0.2) is 34.2 Å². The molecule has 0 aliphatic carbocycles. The predicted octanol–water partition coefficient (Wildman–Crippen LogP) is 2.45. The molecule has 1 aromatic heterocycles. The Morgan fingerprint density at radius 1 is 1.47 bits per heavy atom. The standard InChI is InChI=1S/C12H10ClN3O2S/c13-7-2-1-3-8(6-7)14-9-10(17)15-12-16(11(9)18)4-5-19-12/h1-3,6,14,17H,4-5H2. The van der Waals surface area contributed by atoms with Crippen LogP contribution >= 0.6 is 23.4 Å². The maximum Gasteiger partial charge on any atom is 0.281 e. The summed E-state index contributed by atoms with van der Waals surface area (Å²) in [6, 6.07) is 6.93. The highest BCUT2D eigenvalue weighted by Gasteiger charge is 2.20. The van der Waals surface area contributed by atoms with Crippen LogP contribution in [0.4, 0.5) is 11.4 Å². The second kappa shape index (κ2) is 4.79. The minimum Gasteiger partial charge on any atom is -0.492 e. The summed E-state index contributed by atoms with van der Waals surface area (Å²) >= 11 is 7.34. The maximum atomic E-state index is 12.2. The van der Waals surface area contributed by atoms with Gasteiger partial charge in [0, 0.05) is 23.0 Å². The second-order valence-electron chi connectivity index (χ2n) is 4.03. The average Bonchev–Trinajstić information content (AvgIpc) is 2.83. The average molecular weight is 296 g/mol. The van der Waals surface area contributed by atoms with E-state index in [9.17, 15) is 9.90 Å². The molecular formula is C12H10ClN3O2S. The van der Waals surface area contributed by atoms with E-state index in [1.807, 2.05) is 0 Å². The molecule has 1 aliphatic rings. The number of nitrogens with zero attached hydrogens (tertiary/aromatic N) is 2. The highest BCUT2D eigenvalue weighted by molar-refractivity contribution is 7.99. The lowest BCUT2D eigenvalue weighted by molar-refractivity contribution is 0.440. The molecule has 7 heteroatoms. The Balaban J connectivity index is 2.04. The molecule has 0 bridgehead atoms. The topological polar surface area (TPSA) is 67.2 Å². The lowest BCUT2D eigenvalue weighted by Crippen LogP contribution is -2.22. The van der Waals surface area contributed by atoms with Gasteiger partial charge in [-0.1, -0.05) is 29.4 Å². The van der Waals surface area contributed by atoms with Gasteiger partial charge in [-0.3, -0.25) is 9.36 Å². The van der Waals surface area contributed by atoms with Gasteiger partial charge in [-0.2, -0.15) is 4.98 Å². The van der Waals surface area contributed by atoms with E-state index in [4.69, 9.17) is 11.6 Å². The first-order valence-electron chi connectivity index (χ1n) is 5.64. The van der Waals surface area contributed by atoms with Crippen molar-refractivity contribution >= 4 is 34.7 Å². The van der Waals surface area contributed by atoms with E-state index in [1.54, 1.807) is 28.8 Å². The SMILES string of the molecule is O=c1c(Nc2cccc(Cl)c2)c(O)nc2n1CCS2. The molecule has 0 fully saturated rings. The van der Waals surface area contributed by atoms with E-state index < -0.39 is 0 Å². The van der Waals surface area contributed by atoms with Crippen molar-refractivity contribution in [2.75, 3.05) is 11.1 Å². The van der Waals surface area contributed by atoms with Crippen LogP contribution in [0.1, 0.15) is 0 Å². The van der Waals surface area contributed by atoms with Crippen molar-refractivity contribution in [3.8, 4) is 5.88 Å². The summed E-state index contributed by atoms with van der Waals surface area (Å²) in [5.41, 5.74) is 0.439. The smallest absolute Gasteiger partial charge is 0.281 e. The van der Waals surface area contributed by atoms with E-state index in [2.05, 4.69) is 10.3 Å². The number of rotatable bonds is 2. The van der Waals surface area contributed by atoms with Gasteiger partial charge in [0.15, 0.2) is 10.8 Å². The molecular weight excluding hydrogens is 286 g/mol. The van der Waals surface area contributed by atoms with Crippen molar-refractivity contribution < 1.29 is 5.11 Å². The highest BCUT2D eigenvalue weighted by Crippen LogP contribution is 2.28. The number of anilines is 2. The fourth-order valence-corrected chi connectivity index (χ4v) is 3.01. The summed E-state index contributed by atoms with van der Waals surface area (Å²) < 4.78 is 1.55. The zero-order valence-corrected chi connectivity index (χ0v) is 11.3. The minimum atomic E-state index is -0.286. The van der Waals surface area contributed by atoms with Crippen LogP contribution in [0.25, 0.3) is 0 Å². The van der Waals surface area contributed by atoms with Crippen molar-refractivity contribution in [3.05, 3.63) is 39.6 Å². The van der Waals surface area contributed by atoms with Gasteiger partial charge >= 0.3 is 0 Å². The molecule has 2 N–H and O–H groups in total. The van der Waals surface area contributed by atoms with Crippen LogP contribution in [0, 0.1) is 0 Å². The van der Waals surface area contributed by atoms with Crippen molar-refractivity contribution in [2.45, 2.75) is 11.7 Å². The Morgan fingerprint density at radius 2 is 2.32 bits per heavy atom. The van der Waals surface area contributed by atoms with Crippen molar-refractivity contribution in [2.24, 2.45) is 0 Å². The molecule has 0 spiro atoms. The second-order valence-corrected chi connectivity index (χ2v) is 5.53. The van der Waals surface area contributed by atoms with Crippen molar-refractivity contribution in [1.29, 1.82) is 0 Å². The fourth-order valence-electron chi connectivity index (χ4n) is 1.88. The molecule has 19 heavy (non-hydrogen) atoms. The number of fused-ring (bicyclic) bond motifs is 1. The number of aromatic hydroxyl groups is 1. The summed E-state index contributed by atoms with van der Waals surface area (Å²) in [6.45, 7) is 0.607. The van der Waals surface area contributed by atoms with E-state index >= 15 is 0 Å². The number of thioether (sulfide) groups is 1. The number of halogens is 1. The van der Waals surface area contributed by atoms with Crippen LogP contribution < -0.4 is 10.9 Å². The highest BCUT2D eigenvalue weighted by atomic mass is 35.5. The Bertz CT molecular complexity index is 702. The molecule has 1 aromatic carbocycles. The molecule has 0 saturated carbocycles. The Kier molecular flexibility index (Phi) is 3.12. The molecule has 1 aliphatic heterocycles. The predicted molar refractivity (Wildman–Crippen MR) is 75.6 cm³/mol. The largest absolute Gasteiger partial charge is 0.492 e. The van der Waals surface area contributed by atoms with Crippen LogP contribution in [0.2, 0.25) is 5.02 Å². The van der Waals surface area contributed by atoms with E-state index in [0.29, 0.717) is 22.4 Å². The number of aromatic nitrogens is 2. The fraction of sp³-hybridized carbons (Fsp3) is 0.167. The van der Waals surface area contributed by atoms with Crippen LogP contribution in [-0.4, -0.2) is 20.4 Å². The van der Waals surface area contributed by atoms with E-state index in [0.717, 1.165) is 5.75 Å². The third-order valence-electron chi connectivity index (χ3n) is 2.76. The van der Waals surface area contributed by atoms with Gasteiger partial charge in [0.25, 0.3) is 5.56 Å². The summed E-state index contributed by atoms with van der Waals surface area (Å²) in [7, 11) is 0. The molecule has 0 atom stereocenters. The van der Waals surface area contributed by atoms with Gasteiger partial charge in [-0.05, 0) is 18.2 Å². The molecule has 2 heterocycles. The first-order valence-corrected chi connectivity index (χ1v) is 7.01. The van der Waals surface area contributed by atoms with Crippen LogP contribution in [-0.2, 0) is 6.54 Å². The normalized spacial score (nSPS) is 13.3. The van der Waals surface area contributed by atoms with E-state index in [-0.39, 0.29) is 17.1 Å². The van der Waals surface area contributed by atoms with Crippen molar-refractivity contribution in [1.82, 2.24) is 9.55 Å². The molecule has 3 rings (SSSR count). The first-order chi connectivity index (χ1) is 9.15. The van der Waals surface area contributed by atoms with Gasteiger partial charge in [0.1, 0.15) is 0 Å². The lowest BCUT2D eigenvalue weighted by Gasteiger charge is -2.10. The molecule has 0 amide bonds. The minimum absolute atomic E-state index is 0.0773. The molecule has 0 saturated heterocycles.